The van der Waals surface area contributed by atoms with Crippen LogP contribution < -0.4 is 17.2 Å². The number of nitrogens with two attached hydrogens (primary N) is 3. The summed E-state index contributed by atoms with van der Waals surface area (Å²) in [4.78, 5) is 10.9. The Morgan fingerprint density at radius 3 is 2.07 bits per heavy atom. The largest absolute Gasteiger partial charge is 0.481 e. The van der Waals surface area contributed by atoms with Crippen molar-refractivity contribution >= 4 is 5.97 Å². The van der Waals surface area contributed by atoms with Crippen LogP contribution in [-0.2, 0) is 4.79 Å². The molecule has 0 fully saturated rings. The molecule has 0 aromatic heterocycles. The van der Waals surface area contributed by atoms with E-state index in [9.17, 15) is 4.79 Å². The molecule has 0 saturated carbocycles. The third kappa shape index (κ3) is 2.29. The molecule has 5 nitrogen and oxygen atoms in total. The molecule has 5 heteroatoms. The molecule has 0 radical (unpaired) electrons. The maximum absolute atomic E-state index is 10.9. The first-order valence-electron chi connectivity index (χ1n) is 4.07. The SMILES string of the molecule is NC(N)(N)C(C(=O)O)c1ccccc1. The van der Waals surface area contributed by atoms with E-state index in [-0.39, 0.29) is 0 Å². The Morgan fingerprint density at radius 1 is 1.21 bits per heavy atom. The van der Waals surface area contributed by atoms with Crippen LogP contribution in [0.2, 0.25) is 0 Å². The van der Waals surface area contributed by atoms with Gasteiger partial charge in [-0.05, 0) is 5.56 Å². The number of carboxylic acids is 1. The maximum atomic E-state index is 10.9. The number of carbonyl (C=O) groups is 1. The summed E-state index contributed by atoms with van der Waals surface area (Å²) >= 11 is 0. The minimum absolute atomic E-state index is 0.493. The van der Waals surface area contributed by atoms with E-state index in [4.69, 9.17) is 22.3 Å². The van der Waals surface area contributed by atoms with Gasteiger partial charge in [-0.2, -0.15) is 0 Å². The third-order valence-electron chi connectivity index (χ3n) is 1.88. The Balaban J connectivity index is 3.08. The summed E-state index contributed by atoms with van der Waals surface area (Å²) in [6.07, 6.45) is 0. The van der Waals surface area contributed by atoms with Crippen LogP contribution >= 0.6 is 0 Å². The van der Waals surface area contributed by atoms with Crippen LogP contribution in [0.1, 0.15) is 11.5 Å². The number of hydrogen-bond donors (Lipinski definition) is 4. The first-order valence-corrected chi connectivity index (χ1v) is 4.07. The zero-order valence-corrected chi connectivity index (χ0v) is 7.55. The standard InChI is InChI=1S/C9H13N3O2/c10-9(11,12)7(8(13)14)6-4-2-1-3-5-6/h1-5,7H,10-12H2,(H,13,14). The van der Waals surface area contributed by atoms with Gasteiger partial charge in [-0.25, -0.2) is 0 Å². The predicted molar refractivity (Wildman–Crippen MR) is 52.1 cm³/mol. The molecule has 1 aromatic rings. The second-order valence-corrected chi connectivity index (χ2v) is 3.18. The fraction of sp³-hybridized carbons (Fsp3) is 0.222. The highest BCUT2D eigenvalue weighted by molar-refractivity contribution is 5.77. The molecule has 76 valence electrons. The van der Waals surface area contributed by atoms with Crippen molar-refractivity contribution in [3.8, 4) is 0 Å². The normalized spacial score (nSPS) is 13.6. The van der Waals surface area contributed by atoms with E-state index in [1.54, 1.807) is 30.3 Å². The van der Waals surface area contributed by atoms with E-state index in [0.717, 1.165) is 0 Å². The summed E-state index contributed by atoms with van der Waals surface area (Å²) in [7, 11) is 0. The molecule has 0 saturated heterocycles. The van der Waals surface area contributed by atoms with Crippen LogP contribution in [0, 0.1) is 0 Å². The Labute approximate surface area is 81.5 Å². The van der Waals surface area contributed by atoms with Crippen molar-refractivity contribution in [2.24, 2.45) is 17.2 Å². The van der Waals surface area contributed by atoms with Gasteiger partial charge in [0.25, 0.3) is 0 Å². The molecule has 1 rings (SSSR count). The van der Waals surface area contributed by atoms with Crippen molar-refractivity contribution in [2.75, 3.05) is 0 Å². The van der Waals surface area contributed by atoms with Crippen molar-refractivity contribution in [1.82, 2.24) is 0 Å². The average molecular weight is 195 g/mol. The van der Waals surface area contributed by atoms with Crippen LogP contribution in [0.3, 0.4) is 0 Å². The summed E-state index contributed by atoms with van der Waals surface area (Å²) in [5.41, 5.74) is 16.7. The topological polar surface area (TPSA) is 115 Å². The fourth-order valence-electron chi connectivity index (χ4n) is 1.29. The van der Waals surface area contributed by atoms with Gasteiger partial charge in [-0.15, -0.1) is 0 Å². The van der Waals surface area contributed by atoms with Gasteiger partial charge in [0.05, 0.1) is 0 Å². The average Bonchev–Trinajstić information content (AvgIpc) is 2.02. The highest BCUT2D eigenvalue weighted by Gasteiger charge is 2.34. The highest BCUT2D eigenvalue weighted by Crippen LogP contribution is 2.19. The second-order valence-electron chi connectivity index (χ2n) is 3.18. The molecule has 1 atom stereocenters. The minimum Gasteiger partial charge on any atom is -0.481 e. The van der Waals surface area contributed by atoms with Crippen LogP contribution in [-0.4, -0.2) is 16.9 Å². The molecule has 1 unspecified atom stereocenters. The number of aliphatic carboxylic acids is 1. The van der Waals surface area contributed by atoms with E-state index < -0.39 is 17.7 Å². The van der Waals surface area contributed by atoms with Gasteiger partial charge in [-0.1, -0.05) is 30.3 Å². The molecule has 0 bridgehead atoms. The van der Waals surface area contributed by atoms with Gasteiger partial charge in [0, 0.05) is 0 Å². The Hall–Kier alpha value is -1.43. The van der Waals surface area contributed by atoms with Crippen molar-refractivity contribution in [3.63, 3.8) is 0 Å². The first-order chi connectivity index (χ1) is 6.43. The molecule has 0 amide bonds. The highest BCUT2D eigenvalue weighted by atomic mass is 16.4. The number of carboxylic acid groups (broad SMARTS) is 1. The predicted octanol–water partition coefficient (Wildman–Crippen LogP) is -0.615. The lowest BCUT2D eigenvalue weighted by Gasteiger charge is -2.26. The molecule has 7 N–H and O–H groups in total. The first kappa shape index (κ1) is 10.6. The van der Waals surface area contributed by atoms with Gasteiger partial charge < -0.3 is 22.3 Å². The smallest absolute Gasteiger partial charge is 0.315 e. The molecule has 1 aromatic carbocycles. The lowest BCUT2D eigenvalue weighted by Crippen LogP contribution is -2.64. The monoisotopic (exact) mass is 195 g/mol. The molecular weight excluding hydrogens is 182 g/mol. The summed E-state index contributed by atoms with van der Waals surface area (Å²) in [6, 6.07) is 8.43. The van der Waals surface area contributed by atoms with Crippen LogP contribution in [0.15, 0.2) is 30.3 Å². The van der Waals surface area contributed by atoms with E-state index in [2.05, 4.69) is 0 Å². The van der Waals surface area contributed by atoms with Gasteiger partial charge in [0.2, 0.25) is 0 Å². The van der Waals surface area contributed by atoms with E-state index in [1.165, 1.54) is 0 Å². The maximum Gasteiger partial charge on any atom is 0.315 e. The minimum atomic E-state index is -1.76. The Bertz CT molecular complexity index is 319. The van der Waals surface area contributed by atoms with E-state index >= 15 is 0 Å². The van der Waals surface area contributed by atoms with Crippen LogP contribution in [0.25, 0.3) is 0 Å². The zero-order valence-electron chi connectivity index (χ0n) is 7.55. The summed E-state index contributed by atoms with van der Waals surface area (Å²) in [5, 5.41) is 8.92. The summed E-state index contributed by atoms with van der Waals surface area (Å²) < 4.78 is 0. The lowest BCUT2D eigenvalue weighted by molar-refractivity contribution is -0.140. The molecule has 0 aliphatic heterocycles. The molecule has 0 aliphatic rings. The number of rotatable bonds is 3. The Morgan fingerprint density at radius 2 is 1.71 bits per heavy atom. The zero-order chi connectivity index (χ0) is 10.8. The number of benzene rings is 1. The lowest BCUT2D eigenvalue weighted by atomic mass is 9.93. The molecule has 14 heavy (non-hydrogen) atoms. The van der Waals surface area contributed by atoms with Crippen molar-refractivity contribution in [3.05, 3.63) is 35.9 Å². The van der Waals surface area contributed by atoms with Crippen LogP contribution in [0.4, 0.5) is 0 Å². The van der Waals surface area contributed by atoms with Crippen molar-refractivity contribution < 1.29 is 9.90 Å². The summed E-state index contributed by atoms with van der Waals surface area (Å²) in [6.45, 7) is 0. The molecule has 0 spiro atoms. The number of hydrogen-bond acceptors (Lipinski definition) is 4. The second kappa shape index (κ2) is 3.75. The van der Waals surface area contributed by atoms with E-state index in [1.807, 2.05) is 0 Å². The Kier molecular flexibility index (Phi) is 2.85. The van der Waals surface area contributed by atoms with Crippen molar-refractivity contribution in [2.45, 2.75) is 11.7 Å². The molecule has 0 heterocycles. The quantitative estimate of drug-likeness (QED) is 0.480. The fourth-order valence-corrected chi connectivity index (χ4v) is 1.29. The molecular formula is C9H13N3O2. The van der Waals surface area contributed by atoms with Crippen LogP contribution in [0.5, 0.6) is 0 Å². The third-order valence-corrected chi connectivity index (χ3v) is 1.88. The van der Waals surface area contributed by atoms with Crippen molar-refractivity contribution in [1.29, 1.82) is 0 Å². The van der Waals surface area contributed by atoms with Gasteiger partial charge in [0.15, 0.2) is 0 Å². The molecule has 0 aliphatic carbocycles. The van der Waals surface area contributed by atoms with Gasteiger partial charge in [0.1, 0.15) is 11.7 Å². The van der Waals surface area contributed by atoms with Gasteiger partial charge in [-0.3, -0.25) is 4.79 Å². The van der Waals surface area contributed by atoms with Gasteiger partial charge >= 0.3 is 5.97 Å². The van der Waals surface area contributed by atoms with E-state index in [0.29, 0.717) is 5.56 Å². The summed E-state index contributed by atoms with van der Waals surface area (Å²) in [5.74, 6) is -4.00.